The summed E-state index contributed by atoms with van der Waals surface area (Å²) in [4.78, 5) is 9.71. The highest BCUT2D eigenvalue weighted by Gasteiger charge is 2.47. The van der Waals surface area contributed by atoms with Gasteiger partial charge < -0.3 is 4.74 Å². The number of likely N-dealkylation sites (tertiary alicyclic amines) is 2. The molecule has 2 aliphatic heterocycles. The van der Waals surface area contributed by atoms with Crippen LogP contribution < -0.4 is 0 Å². The van der Waals surface area contributed by atoms with Gasteiger partial charge in [0, 0.05) is 45.4 Å². The van der Waals surface area contributed by atoms with Crippen LogP contribution >= 0.6 is 11.3 Å². The van der Waals surface area contributed by atoms with Crippen molar-refractivity contribution < 1.29 is 4.74 Å². The number of pyridine rings is 1. The number of thiophene rings is 1. The van der Waals surface area contributed by atoms with E-state index >= 15 is 0 Å². The summed E-state index contributed by atoms with van der Waals surface area (Å²) in [5, 5.41) is 4.47. The van der Waals surface area contributed by atoms with Gasteiger partial charge in [-0.3, -0.25) is 14.8 Å². The summed E-state index contributed by atoms with van der Waals surface area (Å²) in [6.45, 7) is 7.68. The Hall–Kier alpha value is -1.27. The molecule has 0 radical (unpaired) electrons. The zero-order valence-electron chi connectivity index (χ0n) is 15.6. The molecule has 4 nitrogen and oxygen atoms in total. The molecule has 0 aromatic carbocycles. The Kier molecular flexibility index (Phi) is 5.69. The zero-order chi connectivity index (χ0) is 17.8. The summed E-state index contributed by atoms with van der Waals surface area (Å²) in [6.07, 6.45) is 4.44. The molecule has 0 bridgehead atoms. The Morgan fingerprint density at radius 1 is 1.19 bits per heavy atom. The molecule has 2 saturated heterocycles. The van der Waals surface area contributed by atoms with Crippen molar-refractivity contribution in [2.45, 2.75) is 25.9 Å². The van der Waals surface area contributed by atoms with Crippen LogP contribution in [-0.2, 0) is 17.8 Å². The molecule has 0 saturated carbocycles. The molecule has 2 aromatic heterocycles. The van der Waals surface area contributed by atoms with Gasteiger partial charge >= 0.3 is 0 Å². The maximum atomic E-state index is 5.61. The molecule has 1 atom stereocenters. The predicted octanol–water partition coefficient (Wildman–Crippen LogP) is 3.50. The van der Waals surface area contributed by atoms with Gasteiger partial charge in [-0.15, -0.1) is 0 Å². The fourth-order valence-corrected chi connectivity index (χ4v) is 5.44. The van der Waals surface area contributed by atoms with E-state index in [9.17, 15) is 0 Å². The molecule has 0 N–H and O–H groups in total. The minimum Gasteiger partial charge on any atom is -0.384 e. The third-order valence-electron chi connectivity index (χ3n) is 6.20. The van der Waals surface area contributed by atoms with Crippen LogP contribution in [0.4, 0.5) is 0 Å². The number of aromatic nitrogens is 1. The Morgan fingerprint density at radius 3 is 2.77 bits per heavy atom. The van der Waals surface area contributed by atoms with E-state index in [-0.39, 0.29) is 0 Å². The highest BCUT2D eigenvalue weighted by molar-refractivity contribution is 7.07. The second-order valence-electron chi connectivity index (χ2n) is 7.91. The van der Waals surface area contributed by atoms with Crippen LogP contribution in [0.3, 0.4) is 0 Å². The van der Waals surface area contributed by atoms with Crippen molar-refractivity contribution in [3.05, 3.63) is 52.5 Å². The summed E-state index contributed by atoms with van der Waals surface area (Å²) in [6, 6.07) is 8.47. The second-order valence-corrected chi connectivity index (χ2v) is 8.69. The first-order chi connectivity index (χ1) is 12.8. The van der Waals surface area contributed by atoms with Crippen molar-refractivity contribution >= 4 is 11.3 Å². The lowest BCUT2D eigenvalue weighted by atomic mass is 9.71. The van der Waals surface area contributed by atoms with E-state index in [4.69, 9.17) is 4.74 Å². The average molecular weight is 372 g/mol. The number of piperidine rings is 1. The third-order valence-corrected chi connectivity index (χ3v) is 6.93. The number of hydrogen-bond acceptors (Lipinski definition) is 5. The number of hydrogen-bond donors (Lipinski definition) is 0. The predicted molar refractivity (Wildman–Crippen MR) is 106 cm³/mol. The van der Waals surface area contributed by atoms with Gasteiger partial charge in [-0.2, -0.15) is 11.3 Å². The van der Waals surface area contributed by atoms with E-state index < -0.39 is 0 Å². The quantitative estimate of drug-likeness (QED) is 0.777. The molecule has 2 aliphatic rings. The van der Waals surface area contributed by atoms with Crippen molar-refractivity contribution in [3.8, 4) is 0 Å². The zero-order valence-corrected chi connectivity index (χ0v) is 16.5. The number of nitrogens with zero attached hydrogens (tertiary/aromatic N) is 3. The van der Waals surface area contributed by atoms with Crippen molar-refractivity contribution in [1.82, 2.24) is 14.8 Å². The molecule has 1 unspecified atom stereocenters. The van der Waals surface area contributed by atoms with Gasteiger partial charge in [0.1, 0.15) is 0 Å². The van der Waals surface area contributed by atoms with Crippen LogP contribution in [0.25, 0.3) is 0 Å². The van der Waals surface area contributed by atoms with Gasteiger partial charge in [0.15, 0.2) is 0 Å². The van der Waals surface area contributed by atoms with E-state index in [0.29, 0.717) is 11.3 Å². The van der Waals surface area contributed by atoms with E-state index in [1.165, 1.54) is 50.3 Å². The van der Waals surface area contributed by atoms with Gasteiger partial charge in [-0.25, -0.2) is 0 Å². The molecule has 4 heterocycles. The summed E-state index contributed by atoms with van der Waals surface area (Å²) in [5.74, 6) is 0.656. The van der Waals surface area contributed by atoms with Crippen molar-refractivity contribution in [1.29, 1.82) is 0 Å². The van der Waals surface area contributed by atoms with Crippen molar-refractivity contribution in [2.24, 2.45) is 11.3 Å². The first-order valence-corrected chi connectivity index (χ1v) is 10.6. The van der Waals surface area contributed by atoms with Gasteiger partial charge in [0.05, 0.1) is 12.3 Å². The Morgan fingerprint density at radius 2 is 2.08 bits per heavy atom. The highest BCUT2D eigenvalue weighted by Crippen LogP contribution is 2.45. The van der Waals surface area contributed by atoms with Crippen LogP contribution in [0.15, 0.2) is 41.2 Å². The van der Waals surface area contributed by atoms with E-state index in [2.05, 4.69) is 43.7 Å². The molecule has 0 aliphatic carbocycles. The minimum atomic E-state index is 0.423. The van der Waals surface area contributed by atoms with Gasteiger partial charge in [0.25, 0.3) is 0 Å². The fraction of sp³-hybridized carbons (Fsp3) is 0.571. The van der Waals surface area contributed by atoms with Gasteiger partial charge in [0.2, 0.25) is 0 Å². The molecule has 2 aromatic rings. The summed E-state index contributed by atoms with van der Waals surface area (Å²) in [7, 11) is 1.85. The van der Waals surface area contributed by atoms with Gasteiger partial charge in [-0.05, 0) is 65.9 Å². The molecule has 1 spiro atoms. The van der Waals surface area contributed by atoms with E-state index in [1.807, 2.05) is 19.4 Å². The van der Waals surface area contributed by atoms with Crippen molar-refractivity contribution in [3.63, 3.8) is 0 Å². The van der Waals surface area contributed by atoms with Crippen molar-refractivity contribution in [2.75, 3.05) is 39.9 Å². The van der Waals surface area contributed by atoms with Crippen LogP contribution in [0, 0.1) is 11.3 Å². The van der Waals surface area contributed by atoms with Crippen LogP contribution in [0.5, 0.6) is 0 Å². The molecule has 140 valence electrons. The van der Waals surface area contributed by atoms with Crippen LogP contribution in [0.2, 0.25) is 0 Å². The summed E-state index contributed by atoms with van der Waals surface area (Å²) >= 11 is 1.80. The lowest BCUT2D eigenvalue weighted by Gasteiger charge is -2.42. The smallest absolute Gasteiger partial charge is 0.0543 e. The lowest BCUT2D eigenvalue weighted by molar-refractivity contribution is 0.0347. The standard InChI is InChI=1S/C21H29N3OS/c1-25-15-19-13-24(12-18-5-11-26-16-18)17-21(19)6-9-23(10-7-21)14-20-4-2-3-8-22-20/h2-5,8,11,16,19H,6-7,9-10,12-15,17H2,1H3. The Balaban J connectivity index is 1.38. The maximum absolute atomic E-state index is 5.61. The van der Waals surface area contributed by atoms with Crippen LogP contribution in [-0.4, -0.2) is 54.7 Å². The third kappa shape index (κ3) is 4.01. The normalized spacial score (nSPS) is 23.7. The monoisotopic (exact) mass is 371 g/mol. The molecular formula is C21H29N3OS. The minimum absolute atomic E-state index is 0.423. The molecule has 2 fully saturated rings. The SMILES string of the molecule is COCC1CN(Cc2ccsc2)CC12CCN(Cc1ccccn1)CC2. The van der Waals surface area contributed by atoms with Gasteiger partial charge in [-0.1, -0.05) is 6.07 Å². The van der Waals surface area contributed by atoms with Crippen LogP contribution in [0.1, 0.15) is 24.1 Å². The van der Waals surface area contributed by atoms with E-state index in [0.717, 1.165) is 19.7 Å². The number of methoxy groups -OCH3 is 1. The first kappa shape index (κ1) is 18.1. The molecule has 0 amide bonds. The molecular weight excluding hydrogens is 342 g/mol. The highest BCUT2D eigenvalue weighted by atomic mass is 32.1. The number of ether oxygens (including phenoxy) is 1. The second kappa shape index (κ2) is 8.17. The Labute approximate surface area is 160 Å². The van der Waals surface area contributed by atoms with E-state index in [1.54, 1.807) is 11.3 Å². The number of rotatable bonds is 6. The summed E-state index contributed by atoms with van der Waals surface area (Å²) < 4.78 is 5.61. The first-order valence-electron chi connectivity index (χ1n) is 9.62. The maximum Gasteiger partial charge on any atom is 0.0543 e. The Bertz CT molecular complexity index is 668. The average Bonchev–Trinajstić information content (AvgIpc) is 3.28. The fourth-order valence-electron chi connectivity index (χ4n) is 4.78. The molecule has 4 rings (SSSR count). The molecule has 5 heteroatoms. The lowest BCUT2D eigenvalue weighted by Crippen LogP contribution is -2.45. The summed E-state index contributed by atoms with van der Waals surface area (Å²) in [5.41, 5.74) is 3.06. The molecule has 26 heavy (non-hydrogen) atoms. The topological polar surface area (TPSA) is 28.6 Å². The largest absolute Gasteiger partial charge is 0.384 e.